The number of nitrogens with zero attached hydrogens (tertiary/aromatic N) is 3. The molecule has 0 saturated carbocycles. The number of aliphatic imine (C=N–C) groups is 1. The van der Waals surface area contributed by atoms with Crippen molar-refractivity contribution in [3.8, 4) is 0 Å². The molecule has 88 valence electrons. The number of hydrogen-bond donors (Lipinski definition) is 0. The Labute approximate surface area is 102 Å². The van der Waals surface area contributed by atoms with Crippen LogP contribution in [-0.4, -0.2) is 36.3 Å². The Hall–Kier alpha value is -1.77. The number of rotatable bonds is 1. The first-order valence-corrected chi connectivity index (χ1v) is 6.08. The Balaban J connectivity index is 2.16. The van der Waals surface area contributed by atoms with Crippen LogP contribution in [-0.2, 0) is 0 Å². The number of para-hydroxylation sites is 1. The molecule has 0 radical (unpaired) electrons. The smallest absolute Gasteiger partial charge is 0.109 e. The number of benzene rings is 1. The van der Waals surface area contributed by atoms with Crippen LogP contribution >= 0.6 is 0 Å². The quantitative estimate of drug-likeness (QED) is 0.734. The van der Waals surface area contributed by atoms with Gasteiger partial charge in [0, 0.05) is 38.8 Å². The van der Waals surface area contributed by atoms with Gasteiger partial charge in [-0.2, -0.15) is 0 Å². The fraction of sp³-hybridized carbons (Fsp3) is 0.357. The van der Waals surface area contributed by atoms with Gasteiger partial charge in [-0.05, 0) is 12.5 Å². The minimum atomic E-state index is 1.09. The number of fused-ring (bicyclic) bond motifs is 2. The van der Waals surface area contributed by atoms with E-state index in [1.807, 2.05) is 0 Å². The van der Waals surface area contributed by atoms with Gasteiger partial charge in [-0.3, -0.25) is 0 Å². The van der Waals surface area contributed by atoms with Crippen LogP contribution in [0.4, 0.5) is 5.69 Å². The van der Waals surface area contributed by atoms with Gasteiger partial charge in [-0.15, -0.1) is 0 Å². The van der Waals surface area contributed by atoms with Crippen molar-refractivity contribution in [2.24, 2.45) is 4.99 Å². The largest absolute Gasteiger partial charge is 0.382 e. The van der Waals surface area contributed by atoms with Gasteiger partial charge >= 0.3 is 0 Å². The summed E-state index contributed by atoms with van der Waals surface area (Å²) in [6.45, 7) is 1.09. The lowest BCUT2D eigenvalue weighted by Crippen LogP contribution is -2.27. The van der Waals surface area contributed by atoms with Crippen molar-refractivity contribution >= 4 is 17.2 Å². The van der Waals surface area contributed by atoms with Crippen molar-refractivity contribution in [2.75, 3.05) is 20.6 Å². The van der Waals surface area contributed by atoms with Crippen LogP contribution in [0.25, 0.3) is 5.70 Å². The molecule has 0 unspecified atom stereocenters. The Kier molecular flexibility index (Phi) is 2.39. The van der Waals surface area contributed by atoms with Gasteiger partial charge in [-0.1, -0.05) is 18.2 Å². The van der Waals surface area contributed by atoms with Gasteiger partial charge in [0.15, 0.2) is 0 Å². The molecule has 0 amide bonds. The molecule has 3 nitrogen and oxygen atoms in total. The molecule has 0 spiro atoms. The van der Waals surface area contributed by atoms with E-state index in [2.05, 4.69) is 54.4 Å². The van der Waals surface area contributed by atoms with Gasteiger partial charge in [0.2, 0.25) is 0 Å². The third-order valence-corrected chi connectivity index (χ3v) is 3.19. The lowest BCUT2D eigenvalue weighted by molar-refractivity contribution is 0.542. The van der Waals surface area contributed by atoms with Gasteiger partial charge < -0.3 is 9.80 Å². The Morgan fingerprint density at radius 1 is 1.29 bits per heavy atom. The van der Waals surface area contributed by atoms with E-state index >= 15 is 0 Å². The fourth-order valence-corrected chi connectivity index (χ4v) is 2.49. The summed E-state index contributed by atoms with van der Waals surface area (Å²) in [5.74, 6) is 1.22. The van der Waals surface area contributed by atoms with E-state index in [1.165, 1.54) is 23.5 Å². The van der Waals surface area contributed by atoms with Crippen molar-refractivity contribution in [1.29, 1.82) is 0 Å². The zero-order chi connectivity index (χ0) is 11.8. The van der Waals surface area contributed by atoms with Gasteiger partial charge in [0.05, 0.1) is 11.4 Å². The van der Waals surface area contributed by atoms with E-state index in [1.54, 1.807) is 0 Å². The van der Waals surface area contributed by atoms with Crippen LogP contribution in [0.3, 0.4) is 0 Å². The third-order valence-electron chi connectivity index (χ3n) is 3.19. The summed E-state index contributed by atoms with van der Waals surface area (Å²) in [5, 5.41) is 0. The van der Waals surface area contributed by atoms with E-state index in [9.17, 15) is 0 Å². The van der Waals surface area contributed by atoms with E-state index in [-0.39, 0.29) is 0 Å². The standard InChI is InChI=1S/C14H17N3/c1-16(2)10-13-11-6-3-4-7-12(11)15-14-8-5-9-17(13)14/h3-4,6-7,10H,5,8-9H2,1-2H3/b13-10-. The molecule has 2 aliphatic heterocycles. The molecule has 0 atom stereocenters. The Bertz CT molecular complexity index is 500. The van der Waals surface area contributed by atoms with Crippen molar-refractivity contribution in [1.82, 2.24) is 9.80 Å². The SMILES string of the molecule is CN(C)/C=C1/c2ccccc2N=C2CCCN21. The minimum absolute atomic E-state index is 1.09. The van der Waals surface area contributed by atoms with Crippen LogP contribution in [0.1, 0.15) is 18.4 Å². The highest BCUT2D eigenvalue weighted by Crippen LogP contribution is 2.37. The lowest BCUT2D eigenvalue weighted by atomic mass is 10.1. The van der Waals surface area contributed by atoms with Gasteiger partial charge in [-0.25, -0.2) is 4.99 Å². The Morgan fingerprint density at radius 2 is 2.12 bits per heavy atom. The topological polar surface area (TPSA) is 18.8 Å². The summed E-state index contributed by atoms with van der Waals surface area (Å²) >= 11 is 0. The number of amidine groups is 1. The summed E-state index contributed by atoms with van der Waals surface area (Å²) in [5.41, 5.74) is 3.63. The summed E-state index contributed by atoms with van der Waals surface area (Å²) in [6, 6.07) is 8.39. The molecule has 3 heteroatoms. The molecule has 0 N–H and O–H groups in total. The molecule has 0 bridgehead atoms. The van der Waals surface area contributed by atoms with E-state index in [0.29, 0.717) is 0 Å². The summed E-state index contributed by atoms with van der Waals surface area (Å²) in [6.07, 6.45) is 4.50. The highest BCUT2D eigenvalue weighted by Gasteiger charge is 2.28. The summed E-state index contributed by atoms with van der Waals surface area (Å²) in [7, 11) is 4.13. The van der Waals surface area contributed by atoms with Crippen LogP contribution in [0.15, 0.2) is 35.5 Å². The first kappa shape index (κ1) is 10.4. The molecule has 0 aromatic heterocycles. The zero-order valence-corrected chi connectivity index (χ0v) is 10.3. The minimum Gasteiger partial charge on any atom is -0.382 e. The van der Waals surface area contributed by atoms with Gasteiger partial charge in [0.25, 0.3) is 0 Å². The average molecular weight is 227 g/mol. The van der Waals surface area contributed by atoms with Crippen molar-refractivity contribution in [2.45, 2.75) is 12.8 Å². The van der Waals surface area contributed by atoms with E-state index in [4.69, 9.17) is 4.99 Å². The molecule has 0 aliphatic carbocycles. The monoisotopic (exact) mass is 227 g/mol. The molecular weight excluding hydrogens is 210 g/mol. The second-order valence-electron chi connectivity index (χ2n) is 4.78. The summed E-state index contributed by atoms with van der Waals surface area (Å²) < 4.78 is 0. The lowest BCUT2D eigenvalue weighted by Gasteiger charge is -2.29. The second kappa shape index (κ2) is 3.91. The molecule has 1 aromatic rings. The normalized spacial score (nSPS) is 20.0. The predicted molar refractivity (Wildman–Crippen MR) is 71.1 cm³/mol. The Morgan fingerprint density at radius 3 is 2.94 bits per heavy atom. The second-order valence-corrected chi connectivity index (χ2v) is 4.78. The molecular formula is C14H17N3. The van der Waals surface area contributed by atoms with Crippen LogP contribution in [0.5, 0.6) is 0 Å². The maximum absolute atomic E-state index is 4.75. The van der Waals surface area contributed by atoms with Crippen molar-refractivity contribution < 1.29 is 0 Å². The van der Waals surface area contributed by atoms with Crippen LogP contribution < -0.4 is 0 Å². The molecule has 1 fully saturated rings. The maximum atomic E-state index is 4.75. The molecule has 17 heavy (non-hydrogen) atoms. The maximum Gasteiger partial charge on any atom is 0.109 e. The average Bonchev–Trinajstić information content (AvgIpc) is 2.76. The predicted octanol–water partition coefficient (Wildman–Crippen LogP) is 2.69. The molecule has 2 aliphatic rings. The van der Waals surface area contributed by atoms with E-state index in [0.717, 1.165) is 18.7 Å². The van der Waals surface area contributed by atoms with Crippen LogP contribution in [0, 0.1) is 0 Å². The zero-order valence-electron chi connectivity index (χ0n) is 10.3. The van der Waals surface area contributed by atoms with Crippen molar-refractivity contribution in [3.63, 3.8) is 0 Å². The van der Waals surface area contributed by atoms with E-state index < -0.39 is 0 Å². The highest BCUT2D eigenvalue weighted by atomic mass is 15.2. The first-order valence-electron chi connectivity index (χ1n) is 6.08. The van der Waals surface area contributed by atoms with Crippen molar-refractivity contribution in [3.05, 3.63) is 36.0 Å². The molecule has 3 rings (SSSR count). The van der Waals surface area contributed by atoms with Gasteiger partial charge in [0.1, 0.15) is 5.84 Å². The number of hydrogen-bond acceptors (Lipinski definition) is 3. The molecule has 1 aromatic carbocycles. The summed E-state index contributed by atoms with van der Waals surface area (Å²) in [4.78, 5) is 9.20. The fourth-order valence-electron chi connectivity index (χ4n) is 2.49. The first-order chi connectivity index (χ1) is 8.25. The highest BCUT2D eigenvalue weighted by molar-refractivity contribution is 5.99. The molecule has 1 saturated heterocycles. The third kappa shape index (κ3) is 1.71. The molecule has 2 heterocycles. The van der Waals surface area contributed by atoms with Crippen LogP contribution in [0.2, 0.25) is 0 Å².